The summed E-state index contributed by atoms with van der Waals surface area (Å²) < 4.78 is -0.0872. The molecule has 0 fully saturated rings. The van der Waals surface area contributed by atoms with Gasteiger partial charge in [-0.05, 0) is 45.4 Å². The van der Waals surface area contributed by atoms with Crippen LogP contribution in [0.2, 0.25) is 0 Å². The van der Waals surface area contributed by atoms with Crippen LogP contribution in [-0.4, -0.2) is 70.3 Å². The Morgan fingerprint density at radius 2 is 1.41 bits per heavy atom. The van der Waals surface area contributed by atoms with Crippen molar-refractivity contribution in [2.45, 2.75) is 77.5 Å². The van der Waals surface area contributed by atoms with E-state index in [2.05, 4.69) is 0 Å². The van der Waals surface area contributed by atoms with E-state index in [0.717, 1.165) is 12.8 Å². The van der Waals surface area contributed by atoms with E-state index in [9.17, 15) is 25.2 Å². The maximum absolute atomic E-state index is 11.6. The molecule has 0 saturated heterocycles. The molecule has 0 aliphatic rings. The van der Waals surface area contributed by atoms with Crippen LogP contribution in [0.15, 0.2) is 24.3 Å². The number of nitrogens with zero attached hydrogens (tertiary/aromatic N) is 1. The van der Waals surface area contributed by atoms with Crippen LogP contribution in [0.5, 0.6) is 0 Å². The lowest BCUT2D eigenvalue weighted by molar-refractivity contribution is -0.948. The van der Waals surface area contributed by atoms with Crippen molar-refractivity contribution in [2.24, 2.45) is 0 Å². The summed E-state index contributed by atoms with van der Waals surface area (Å²) in [6.07, 6.45) is 10.9. The van der Waals surface area contributed by atoms with Gasteiger partial charge in [0.05, 0.1) is 12.6 Å². The van der Waals surface area contributed by atoms with Gasteiger partial charge in [-0.1, -0.05) is 38.2 Å². The molecule has 27 heavy (non-hydrogen) atoms. The van der Waals surface area contributed by atoms with Crippen LogP contribution in [0.3, 0.4) is 0 Å². The number of aliphatic hydroxyl groups is 3. The summed E-state index contributed by atoms with van der Waals surface area (Å²) in [5.41, 5.74) is 0. The van der Waals surface area contributed by atoms with Gasteiger partial charge in [-0.15, -0.1) is 0 Å². The van der Waals surface area contributed by atoms with Crippen LogP contribution >= 0.6 is 0 Å². The van der Waals surface area contributed by atoms with Crippen LogP contribution in [0, 0.1) is 0 Å². The molecule has 0 heterocycles. The van der Waals surface area contributed by atoms with E-state index in [0.29, 0.717) is 25.7 Å². The first-order chi connectivity index (χ1) is 12.8. The molecule has 0 bridgehead atoms. The van der Waals surface area contributed by atoms with E-state index in [1.165, 1.54) is 6.92 Å². The molecule has 0 aromatic heterocycles. The van der Waals surface area contributed by atoms with E-state index in [1.807, 2.05) is 38.2 Å². The van der Waals surface area contributed by atoms with Gasteiger partial charge in [0.15, 0.2) is 0 Å². The highest BCUT2D eigenvalue weighted by Gasteiger charge is 2.38. The Morgan fingerprint density at radius 3 is 1.74 bits per heavy atom. The number of carboxylic acid groups (broad SMARTS) is 1. The highest BCUT2D eigenvalue weighted by Crippen LogP contribution is 2.20. The minimum absolute atomic E-state index is 0.0872. The first-order valence-corrected chi connectivity index (χ1v) is 10.2. The van der Waals surface area contributed by atoms with Crippen LogP contribution in [0.25, 0.3) is 0 Å². The van der Waals surface area contributed by atoms with E-state index >= 15 is 0 Å². The Balaban J connectivity index is 5.18. The zero-order chi connectivity index (χ0) is 20.7. The molecular formula is C21H39NO5. The third-order valence-electron chi connectivity index (χ3n) is 4.99. The molecule has 0 aliphatic carbocycles. The van der Waals surface area contributed by atoms with Gasteiger partial charge in [-0.25, -0.2) is 0 Å². The summed E-state index contributed by atoms with van der Waals surface area (Å²) in [5.74, 6) is -1.24. The van der Waals surface area contributed by atoms with Crippen molar-refractivity contribution < 1.29 is 29.7 Å². The van der Waals surface area contributed by atoms with Gasteiger partial charge in [0.1, 0.15) is 37.9 Å². The molecule has 0 spiro atoms. The third kappa shape index (κ3) is 10.6. The maximum Gasteiger partial charge on any atom is 0.127 e. The Labute approximate surface area is 164 Å². The van der Waals surface area contributed by atoms with Gasteiger partial charge < -0.3 is 29.7 Å². The highest BCUT2D eigenvalue weighted by molar-refractivity contribution is 5.69. The normalized spacial score (nSPS) is 17.9. The molecule has 6 nitrogen and oxygen atoms in total. The van der Waals surface area contributed by atoms with Gasteiger partial charge in [0.25, 0.3) is 0 Å². The summed E-state index contributed by atoms with van der Waals surface area (Å²) in [6.45, 7) is 5.86. The average molecular weight is 386 g/mol. The second-order valence-corrected chi connectivity index (χ2v) is 7.25. The second kappa shape index (κ2) is 14.8. The van der Waals surface area contributed by atoms with Crippen molar-refractivity contribution in [2.75, 3.05) is 26.2 Å². The molecule has 0 aliphatic heterocycles. The van der Waals surface area contributed by atoms with Gasteiger partial charge in [-0.3, -0.25) is 0 Å². The van der Waals surface area contributed by atoms with E-state index < -0.39 is 24.2 Å². The fraction of sp³-hybridized carbons (Fsp3) is 0.762. The van der Waals surface area contributed by atoms with E-state index in [-0.39, 0.29) is 30.7 Å². The van der Waals surface area contributed by atoms with Crippen molar-refractivity contribution >= 4 is 5.97 Å². The summed E-state index contributed by atoms with van der Waals surface area (Å²) in [5, 5.41) is 42.1. The summed E-state index contributed by atoms with van der Waals surface area (Å²) >= 11 is 0. The minimum atomic E-state index is -1.24. The Bertz CT molecular complexity index is 424. The number of hydrogen-bond acceptors (Lipinski definition) is 5. The molecule has 0 aromatic carbocycles. The van der Waals surface area contributed by atoms with Crippen molar-refractivity contribution in [3.63, 3.8) is 0 Å². The number of hydrogen-bond donors (Lipinski definition) is 3. The predicted octanol–water partition coefficient (Wildman–Crippen LogP) is 1.15. The standard InChI is InChI=1S/C21H39NO5/c1-4-6-8-10-12-19(24)16-22(14-15-23,18(3)21(26)27)17-20(25)13-11-9-7-5-2/h6-9,18-20,23-25H,4-5,10-17H2,1-3H3/b8-6+,9-7+. The number of carboxylic acids is 1. The molecule has 3 atom stereocenters. The second-order valence-electron chi connectivity index (χ2n) is 7.25. The quantitative estimate of drug-likeness (QED) is 0.273. The van der Waals surface area contributed by atoms with Crippen molar-refractivity contribution in [1.29, 1.82) is 0 Å². The molecule has 3 unspecified atom stereocenters. The smallest absolute Gasteiger partial charge is 0.127 e. The monoisotopic (exact) mass is 385 g/mol. The molecule has 0 saturated carbocycles. The summed E-state index contributed by atoms with van der Waals surface area (Å²) in [6, 6.07) is -0.932. The molecule has 158 valence electrons. The Kier molecular flexibility index (Phi) is 14.1. The molecule has 0 radical (unpaired) electrons. The predicted molar refractivity (Wildman–Crippen MR) is 106 cm³/mol. The molecule has 0 rings (SSSR count). The summed E-state index contributed by atoms with van der Waals surface area (Å²) in [4.78, 5) is 11.6. The molecule has 0 aromatic rings. The van der Waals surface area contributed by atoms with Crippen LogP contribution in [0.1, 0.15) is 59.3 Å². The zero-order valence-electron chi connectivity index (χ0n) is 17.2. The minimum Gasteiger partial charge on any atom is -0.544 e. The number of rotatable bonds is 16. The Morgan fingerprint density at radius 1 is 0.963 bits per heavy atom. The molecule has 0 amide bonds. The van der Waals surface area contributed by atoms with E-state index in [4.69, 9.17) is 0 Å². The average Bonchev–Trinajstić information content (AvgIpc) is 2.61. The fourth-order valence-corrected chi connectivity index (χ4v) is 3.36. The van der Waals surface area contributed by atoms with E-state index in [1.54, 1.807) is 0 Å². The number of allylic oxidation sites excluding steroid dienone is 4. The largest absolute Gasteiger partial charge is 0.544 e. The third-order valence-corrected chi connectivity index (χ3v) is 4.99. The summed E-state index contributed by atoms with van der Waals surface area (Å²) in [7, 11) is 0. The van der Waals surface area contributed by atoms with Crippen molar-refractivity contribution in [3.8, 4) is 0 Å². The van der Waals surface area contributed by atoms with Gasteiger partial charge in [0.2, 0.25) is 0 Å². The zero-order valence-corrected chi connectivity index (χ0v) is 17.2. The Hall–Kier alpha value is -1.21. The maximum atomic E-state index is 11.6. The van der Waals surface area contributed by atoms with Crippen LogP contribution < -0.4 is 5.11 Å². The van der Waals surface area contributed by atoms with Crippen LogP contribution in [0.4, 0.5) is 0 Å². The topological polar surface area (TPSA) is 101 Å². The highest BCUT2D eigenvalue weighted by atomic mass is 16.4. The number of carbonyl (C=O) groups is 1. The SMILES string of the molecule is CC/C=C/CCC(O)C[N+](CCO)(CC(O)CC/C=C/CC)C(C)C(=O)[O-]. The fourth-order valence-electron chi connectivity index (χ4n) is 3.36. The van der Waals surface area contributed by atoms with Crippen molar-refractivity contribution in [3.05, 3.63) is 24.3 Å². The lowest BCUT2D eigenvalue weighted by Crippen LogP contribution is -2.66. The first-order valence-electron chi connectivity index (χ1n) is 10.2. The van der Waals surface area contributed by atoms with Gasteiger partial charge in [0, 0.05) is 0 Å². The number of carbonyl (C=O) groups excluding carboxylic acids is 1. The van der Waals surface area contributed by atoms with Gasteiger partial charge in [-0.2, -0.15) is 0 Å². The molecular weight excluding hydrogens is 346 g/mol. The first kappa shape index (κ1) is 25.8. The molecule has 3 N–H and O–H groups in total. The van der Waals surface area contributed by atoms with Crippen LogP contribution in [-0.2, 0) is 4.79 Å². The lowest BCUT2D eigenvalue weighted by atomic mass is 10.0. The molecule has 6 heteroatoms. The van der Waals surface area contributed by atoms with Gasteiger partial charge >= 0.3 is 0 Å². The lowest BCUT2D eigenvalue weighted by Gasteiger charge is -2.45. The van der Waals surface area contributed by atoms with Crippen molar-refractivity contribution in [1.82, 2.24) is 0 Å². The number of aliphatic carboxylic acids is 1. The number of aliphatic hydroxyl groups excluding tert-OH is 3. The number of quaternary nitrogens is 1.